The SMILES string of the molecule is CN(C)SNc1ccc2ccc3ncc(-c4cnn(C)c4)cc3c(=O)c2c1. The molecule has 0 spiro atoms. The molecule has 1 N–H and O–H groups in total. The number of benzene rings is 1. The average molecular weight is 377 g/mol. The first-order valence-corrected chi connectivity index (χ1v) is 9.25. The number of rotatable bonds is 4. The van der Waals surface area contributed by atoms with E-state index >= 15 is 0 Å². The van der Waals surface area contributed by atoms with Crippen molar-refractivity contribution in [1.82, 2.24) is 19.1 Å². The van der Waals surface area contributed by atoms with E-state index in [1.165, 1.54) is 12.1 Å². The van der Waals surface area contributed by atoms with Gasteiger partial charge in [0.05, 0.1) is 11.7 Å². The molecule has 7 heteroatoms. The molecule has 0 atom stereocenters. The van der Waals surface area contributed by atoms with Crippen LogP contribution in [-0.4, -0.2) is 33.2 Å². The van der Waals surface area contributed by atoms with Gasteiger partial charge >= 0.3 is 0 Å². The molecule has 6 nitrogen and oxygen atoms in total. The van der Waals surface area contributed by atoms with Gasteiger partial charge in [-0.25, -0.2) is 4.31 Å². The monoisotopic (exact) mass is 377 g/mol. The molecular weight excluding hydrogens is 358 g/mol. The Balaban J connectivity index is 1.91. The van der Waals surface area contributed by atoms with Crippen molar-refractivity contribution in [2.24, 2.45) is 7.05 Å². The van der Waals surface area contributed by atoms with Gasteiger partial charge in [-0.2, -0.15) is 5.10 Å². The lowest BCUT2D eigenvalue weighted by Gasteiger charge is -2.10. The lowest BCUT2D eigenvalue weighted by Crippen LogP contribution is -2.04. The first kappa shape index (κ1) is 17.5. The van der Waals surface area contributed by atoms with Crippen molar-refractivity contribution in [3.05, 3.63) is 65.2 Å². The van der Waals surface area contributed by atoms with E-state index in [1.54, 1.807) is 17.1 Å². The Morgan fingerprint density at radius 2 is 1.85 bits per heavy atom. The summed E-state index contributed by atoms with van der Waals surface area (Å²) in [4.78, 5) is 17.8. The Labute approximate surface area is 161 Å². The van der Waals surface area contributed by atoms with Crippen molar-refractivity contribution < 1.29 is 0 Å². The summed E-state index contributed by atoms with van der Waals surface area (Å²) in [6.07, 6.45) is 5.47. The summed E-state index contributed by atoms with van der Waals surface area (Å²) in [5.74, 6) is 0. The third kappa shape index (κ3) is 3.51. The fraction of sp³-hybridized carbons (Fsp3) is 0.150. The Morgan fingerprint density at radius 3 is 2.59 bits per heavy atom. The lowest BCUT2D eigenvalue weighted by atomic mass is 10.1. The van der Waals surface area contributed by atoms with Crippen molar-refractivity contribution >= 4 is 39.5 Å². The normalized spacial score (nSPS) is 11.4. The summed E-state index contributed by atoms with van der Waals surface area (Å²) >= 11 is 1.46. The maximum atomic E-state index is 13.3. The van der Waals surface area contributed by atoms with Crippen molar-refractivity contribution in [2.75, 3.05) is 18.8 Å². The van der Waals surface area contributed by atoms with Gasteiger partial charge in [0.1, 0.15) is 0 Å². The van der Waals surface area contributed by atoms with Crippen LogP contribution < -0.4 is 10.2 Å². The largest absolute Gasteiger partial charge is 0.317 e. The van der Waals surface area contributed by atoms with E-state index in [9.17, 15) is 4.79 Å². The number of nitrogens with zero attached hydrogens (tertiary/aromatic N) is 4. The van der Waals surface area contributed by atoms with Crippen LogP contribution in [0.15, 0.2) is 59.8 Å². The van der Waals surface area contributed by atoms with E-state index in [2.05, 4.69) is 14.8 Å². The molecule has 4 aromatic rings. The summed E-state index contributed by atoms with van der Waals surface area (Å²) in [5.41, 5.74) is 3.35. The molecule has 2 heterocycles. The van der Waals surface area contributed by atoms with Gasteiger partial charge in [-0.15, -0.1) is 0 Å². The Bertz CT molecular complexity index is 1200. The van der Waals surface area contributed by atoms with Crippen molar-refractivity contribution in [3.8, 4) is 11.1 Å². The molecule has 4 rings (SSSR count). The molecule has 0 aliphatic carbocycles. The Morgan fingerprint density at radius 1 is 1.04 bits per heavy atom. The van der Waals surface area contributed by atoms with Gasteiger partial charge in [0.15, 0.2) is 5.43 Å². The van der Waals surface area contributed by atoms with Crippen molar-refractivity contribution in [3.63, 3.8) is 0 Å². The number of pyridine rings is 1. The molecule has 0 radical (unpaired) electrons. The summed E-state index contributed by atoms with van der Waals surface area (Å²) in [5, 5.41) is 6.36. The number of hydrogen-bond acceptors (Lipinski definition) is 6. The highest BCUT2D eigenvalue weighted by molar-refractivity contribution is 7.98. The number of aromatic nitrogens is 3. The fourth-order valence-corrected chi connectivity index (χ4v) is 3.35. The van der Waals surface area contributed by atoms with Crippen molar-refractivity contribution in [1.29, 1.82) is 0 Å². The molecule has 2 aromatic carbocycles. The highest BCUT2D eigenvalue weighted by atomic mass is 32.2. The first-order valence-electron chi connectivity index (χ1n) is 8.47. The molecule has 0 bridgehead atoms. The first-order chi connectivity index (χ1) is 13.0. The van der Waals surface area contributed by atoms with Crippen LogP contribution in [0.1, 0.15) is 0 Å². The van der Waals surface area contributed by atoms with Gasteiger partial charge in [-0.1, -0.05) is 12.1 Å². The molecule has 0 fully saturated rings. The number of anilines is 1. The quantitative estimate of drug-likeness (QED) is 0.547. The number of hydrogen-bond donors (Lipinski definition) is 1. The Kier molecular flexibility index (Phi) is 4.55. The summed E-state index contributed by atoms with van der Waals surface area (Å²) in [6.45, 7) is 0. The maximum absolute atomic E-state index is 13.3. The third-order valence-corrected chi connectivity index (χ3v) is 4.96. The van der Waals surface area contributed by atoms with Crippen molar-refractivity contribution in [2.45, 2.75) is 0 Å². The van der Waals surface area contributed by atoms with Crippen LogP contribution in [-0.2, 0) is 7.05 Å². The minimum Gasteiger partial charge on any atom is -0.317 e. The smallest absolute Gasteiger partial charge is 0.195 e. The van der Waals surface area contributed by atoms with Gasteiger partial charge < -0.3 is 4.72 Å². The minimum atomic E-state index is -0.0262. The van der Waals surface area contributed by atoms with Gasteiger partial charge in [-0.3, -0.25) is 14.5 Å². The van der Waals surface area contributed by atoms with Gasteiger partial charge in [0.2, 0.25) is 0 Å². The van der Waals surface area contributed by atoms with Crippen LogP contribution in [0.4, 0.5) is 5.69 Å². The fourth-order valence-electron chi connectivity index (χ4n) is 2.94. The second-order valence-electron chi connectivity index (χ2n) is 6.53. The van der Waals surface area contributed by atoms with Crippen LogP contribution in [0.5, 0.6) is 0 Å². The predicted octanol–water partition coefficient (Wildman–Crippen LogP) is 3.69. The Hall–Kier alpha value is -2.90. The van der Waals surface area contributed by atoms with E-state index in [0.29, 0.717) is 16.3 Å². The zero-order chi connectivity index (χ0) is 19.0. The van der Waals surface area contributed by atoms with Crippen LogP contribution >= 0.6 is 12.1 Å². The minimum absolute atomic E-state index is 0.0262. The molecule has 0 amide bonds. The number of nitrogens with one attached hydrogen (secondary N) is 1. The third-order valence-electron chi connectivity index (χ3n) is 4.27. The molecule has 0 aliphatic rings. The van der Waals surface area contributed by atoms with Crippen LogP contribution in [0.25, 0.3) is 32.8 Å². The van der Waals surface area contributed by atoms with Crippen LogP contribution in [0.2, 0.25) is 0 Å². The van der Waals surface area contributed by atoms with E-state index < -0.39 is 0 Å². The lowest BCUT2D eigenvalue weighted by molar-refractivity contribution is 0.706. The molecule has 0 unspecified atom stereocenters. The van der Waals surface area contributed by atoms with Gasteiger partial charge in [0, 0.05) is 59.2 Å². The zero-order valence-electron chi connectivity index (χ0n) is 15.3. The average Bonchev–Trinajstić information content (AvgIpc) is 3.05. The molecule has 2 aromatic heterocycles. The summed E-state index contributed by atoms with van der Waals surface area (Å²) in [6, 6.07) is 11.6. The number of aryl methyl sites for hydroxylation is 1. The molecule has 0 saturated heterocycles. The summed E-state index contributed by atoms with van der Waals surface area (Å²) < 4.78 is 6.92. The maximum Gasteiger partial charge on any atom is 0.195 e. The molecule has 0 aliphatic heterocycles. The molecule has 27 heavy (non-hydrogen) atoms. The number of fused-ring (bicyclic) bond motifs is 2. The highest BCUT2D eigenvalue weighted by Gasteiger charge is 2.08. The summed E-state index contributed by atoms with van der Waals surface area (Å²) in [7, 11) is 5.78. The zero-order valence-corrected chi connectivity index (χ0v) is 16.1. The topological polar surface area (TPSA) is 63.0 Å². The van der Waals surface area contributed by atoms with Crippen LogP contribution in [0.3, 0.4) is 0 Å². The predicted molar refractivity (Wildman–Crippen MR) is 113 cm³/mol. The molecule has 136 valence electrons. The van der Waals surface area contributed by atoms with E-state index in [4.69, 9.17) is 0 Å². The standard InChI is InChI=1S/C20H19N5OS/c1-24(2)27-23-16-6-4-13-5-7-19-18(20(26)17(13)9-16)8-14(10-21-19)15-11-22-25(3)12-15/h4-12,23H,1-3H3. The second-order valence-corrected chi connectivity index (χ2v) is 7.65. The van der Waals surface area contributed by atoms with Gasteiger partial charge in [0.25, 0.3) is 0 Å². The van der Waals surface area contributed by atoms with E-state index in [-0.39, 0.29) is 5.43 Å². The van der Waals surface area contributed by atoms with Gasteiger partial charge in [-0.05, 0) is 43.7 Å². The highest BCUT2D eigenvalue weighted by Crippen LogP contribution is 2.24. The van der Waals surface area contributed by atoms with E-state index in [1.807, 2.05) is 68.0 Å². The van der Waals surface area contributed by atoms with E-state index in [0.717, 1.165) is 22.2 Å². The molecular formula is C20H19N5OS. The molecule has 0 saturated carbocycles. The second kappa shape index (κ2) is 7.02. The van der Waals surface area contributed by atoms with Crippen LogP contribution in [0, 0.1) is 0 Å².